The standard InChI is InChI=1S/C25H30O5/c1-17(6-4-8-18(2)12-23-24(26)19(3)25(27)30-23)7-5-9-20-13-22(29-16-20)14-21-10-11-28-15-21/h6,10-13,15-16,18,26H,4-5,7-9,14H2,1-3H3/t18-/m1/s1. The molecule has 5 heteroatoms. The Morgan fingerprint density at radius 1 is 1.27 bits per heavy atom. The van der Waals surface area contributed by atoms with Crippen molar-refractivity contribution in [2.24, 2.45) is 5.92 Å². The van der Waals surface area contributed by atoms with E-state index in [0.717, 1.165) is 49.8 Å². The van der Waals surface area contributed by atoms with Gasteiger partial charge in [0.05, 0.1) is 24.4 Å². The van der Waals surface area contributed by atoms with Gasteiger partial charge in [-0.2, -0.15) is 0 Å². The summed E-state index contributed by atoms with van der Waals surface area (Å²) in [5.74, 6) is 0.965. The fourth-order valence-electron chi connectivity index (χ4n) is 3.47. The lowest BCUT2D eigenvalue weighted by Crippen LogP contribution is -1.97. The normalized spacial score (nSPS) is 17.1. The fraction of sp³-hybridized carbons (Fsp3) is 0.400. The van der Waals surface area contributed by atoms with Gasteiger partial charge in [0.1, 0.15) is 5.76 Å². The molecule has 0 amide bonds. The van der Waals surface area contributed by atoms with Gasteiger partial charge in [-0.05, 0) is 81.2 Å². The van der Waals surface area contributed by atoms with E-state index in [0.29, 0.717) is 0 Å². The lowest BCUT2D eigenvalue weighted by Gasteiger charge is -2.07. The summed E-state index contributed by atoms with van der Waals surface area (Å²) in [6.45, 7) is 5.80. The first-order valence-corrected chi connectivity index (χ1v) is 10.5. The summed E-state index contributed by atoms with van der Waals surface area (Å²) < 4.78 is 15.8. The Bertz CT molecular complexity index is 940. The zero-order valence-electron chi connectivity index (χ0n) is 17.9. The molecule has 0 aromatic carbocycles. The number of carbonyl (C=O) groups is 1. The predicted molar refractivity (Wildman–Crippen MR) is 115 cm³/mol. The van der Waals surface area contributed by atoms with E-state index in [1.165, 1.54) is 11.1 Å². The number of hydrogen-bond acceptors (Lipinski definition) is 5. The molecule has 0 bridgehead atoms. The molecule has 1 aliphatic rings. The van der Waals surface area contributed by atoms with Gasteiger partial charge < -0.3 is 18.7 Å². The van der Waals surface area contributed by atoms with Crippen molar-refractivity contribution in [1.82, 2.24) is 0 Å². The summed E-state index contributed by atoms with van der Waals surface area (Å²) in [4.78, 5) is 11.5. The summed E-state index contributed by atoms with van der Waals surface area (Å²) >= 11 is 0. The van der Waals surface area contributed by atoms with Crippen LogP contribution in [0.5, 0.6) is 0 Å². The molecule has 0 fully saturated rings. The van der Waals surface area contributed by atoms with E-state index in [1.807, 2.05) is 18.4 Å². The molecule has 1 aliphatic heterocycles. The summed E-state index contributed by atoms with van der Waals surface area (Å²) in [5, 5.41) is 9.89. The molecule has 3 rings (SSSR count). The van der Waals surface area contributed by atoms with E-state index in [4.69, 9.17) is 13.6 Å². The molecule has 5 nitrogen and oxygen atoms in total. The Labute approximate surface area is 177 Å². The maximum Gasteiger partial charge on any atom is 0.343 e. The average molecular weight is 411 g/mol. The van der Waals surface area contributed by atoms with Crippen LogP contribution in [0.4, 0.5) is 0 Å². The zero-order valence-corrected chi connectivity index (χ0v) is 17.9. The number of hydrogen-bond donors (Lipinski definition) is 1. The lowest BCUT2D eigenvalue weighted by atomic mass is 10.0. The van der Waals surface area contributed by atoms with E-state index in [2.05, 4.69) is 26.0 Å². The molecule has 1 N–H and O–H groups in total. The van der Waals surface area contributed by atoms with Gasteiger partial charge in [0.2, 0.25) is 0 Å². The molecule has 2 aromatic heterocycles. The second-order valence-corrected chi connectivity index (χ2v) is 8.08. The minimum absolute atomic E-state index is 0.0363. The van der Waals surface area contributed by atoms with Gasteiger partial charge >= 0.3 is 5.97 Å². The third kappa shape index (κ3) is 6.02. The number of furan rings is 2. The van der Waals surface area contributed by atoms with Crippen LogP contribution in [-0.4, -0.2) is 11.1 Å². The highest BCUT2D eigenvalue weighted by Gasteiger charge is 2.26. The first-order valence-electron chi connectivity index (χ1n) is 10.5. The Balaban J connectivity index is 1.37. The minimum atomic E-state index is -0.465. The van der Waals surface area contributed by atoms with E-state index < -0.39 is 5.97 Å². The molecular weight excluding hydrogens is 380 g/mol. The van der Waals surface area contributed by atoms with E-state index >= 15 is 0 Å². The van der Waals surface area contributed by atoms with Crippen LogP contribution in [0.25, 0.3) is 0 Å². The van der Waals surface area contributed by atoms with Crippen LogP contribution < -0.4 is 0 Å². The van der Waals surface area contributed by atoms with E-state index in [9.17, 15) is 9.90 Å². The molecule has 0 spiro atoms. The molecule has 0 radical (unpaired) electrons. The SMILES string of the molecule is CC(=CCC[C@@H](C)C=C1OC(=O)C(C)=C1O)CCCc1coc(Cc2ccoc2)c1. The van der Waals surface area contributed by atoms with Crippen molar-refractivity contribution in [1.29, 1.82) is 0 Å². The Hall–Kier alpha value is -2.95. The second kappa shape index (κ2) is 10.2. The molecule has 0 unspecified atom stereocenters. The van der Waals surface area contributed by atoms with Crippen LogP contribution in [0.3, 0.4) is 0 Å². The van der Waals surface area contributed by atoms with Gasteiger partial charge in [0.25, 0.3) is 0 Å². The highest BCUT2D eigenvalue weighted by molar-refractivity contribution is 5.93. The highest BCUT2D eigenvalue weighted by atomic mass is 16.6. The van der Waals surface area contributed by atoms with E-state index in [1.54, 1.807) is 19.5 Å². The number of cyclic esters (lactones) is 1. The monoisotopic (exact) mass is 410 g/mol. The van der Waals surface area contributed by atoms with Crippen LogP contribution in [0, 0.1) is 5.92 Å². The Morgan fingerprint density at radius 2 is 2.10 bits per heavy atom. The van der Waals surface area contributed by atoms with Crippen molar-refractivity contribution in [2.45, 2.75) is 59.3 Å². The summed E-state index contributed by atoms with van der Waals surface area (Å²) in [6, 6.07) is 4.08. The van der Waals surface area contributed by atoms with Crippen molar-refractivity contribution < 1.29 is 23.5 Å². The average Bonchev–Trinajstić information content (AvgIpc) is 3.43. The quantitative estimate of drug-likeness (QED) is 0.361. The zero-order chi connectivity index (χ0) is 21.5. The number of allylic oxidation sites excluding steroid dienone is 3. The number of ether oxygens (including phenoxy) is 1. The maximum absolute atomic E-state index is 11.5. The summed E-state index contributed by atoms with van der Waals surface area (Å²) in [5.41, 5.74) is 4.00. The van der Waals surface area contributed by atoms with Gasteiger partial charge in [-0.15, -0.1) is 0 Å². The third-order valence-corrected chi connectivity index (χ3v) is 5.35. The predicted octanol–water partition coefficient (Wildman–Crippen LogP) is 6.42. The van der Waals surface area contributed by atoms with Crippen LogP contribution in [0.1, 0.15) is 63.3 Å². The first kappa shape index (κ1) is 21.8. The third-order valence-electron chi connectivity index (χ3n) is 5.35. The van der Waals surface area contributed by atoms with Crippen molar-refractivity contribution in [3.05, 3.63) is 82.6 Å². The number of esters is 1. The van der Waals surface area contributed by atoms with Gasteiger partial charge in [0.15, 0.2) is 11.5 Å². The summed E-state index contributed by atoms with van der Waals surface area (Å²) in [6.07, 6.45) is 15.2. The Kier molecular flexibility index (Phi) is 7.39. The van der Waals surface area contributed by atoms with E-state index in [-0.39, 0.29) is 23.0 Å². The van der Waals surface area contributed by atoms with Crippen LogP contribution in [0.15, 0.2) is 74.6 Å². The minimum Gasteiger partial charge on any atom is -0.504 e. The number of aliphatic hydroxyl groups is 1. The molecule has 0 aliphatic carbocycles. The van der Waals surface area contributed by atoms with Crippen molar-refractivity contribution in [3.63, 3.8) is 0 Å². The number of aliphatic hydroxyl groups excluding tert-OH is 1. The van der Waals surface area contributed by atoms with Crippen LogP contribution >= 0.6 is 0 Å². The first-order chi connectivity index (χ1) is 14.4. The second-order valence-electron chi connectivity index (χ2n) is 8.08. The highest BCUT2D eigenvalue weighted by Crippen LogP contribution is 2.26. The molecule has 160 valence electrons. The smallest absolute Gasteiger partial charge is 0.343 e. The van der Waals surface area contributed by atoms with Gasteiger partial charge in [0, 0.05) is 6.42 Å². The van der Waals surface area contributed by atoms with Gasteiger partial charge in [-0.3, -0.25) is 0 Å². The summed E-state index contributed by atoms with van der Waals surface area (Å²) in [7, 11) is 0. The molecule has 2 aromatic rings. The van der Waals surface area contributed by atoms with Gasteiger partial charge in [-0.25, -0.2) is 4.79 Å². The van der Waals surface area contributed by atoms with Crippen molar-refractivity contribution in [2.75, 3.05) is 0 Å². The Morgan fingerprint density at radius 3 is 2.80 bits per heavy atom. The topological polar surface area (TPSA) is 72.8 Å². The molecule has 0 saturated heterocycles. The molecule has 1 atom stereocenters. The maximum atomic E-state index is 11.5. The molecule has 3 heterocycles. The fourth-order valence-corrected chi connectivity index (χ4v) is 3.47. The number of aryl methyl sites for hydroxylation is 1. The van der Waals surface area contributed by atoms with Crippen LogP contribution in [-0.2, 0) is 22.4 Å². The molecule has 30 heavy (non-hydrogen) atoms. The number of carbonyl (C=O) groups excluding carboxylic acids is 1. The lowest BCUT2D eigenvalue weighted by molar-refractivity contribution is -0.133. The molecule has 0 saturated carbocycles. The van der Waals surface area contributed by atoms with Gasteiger partial charge in [-0.1, -0.05) is 18.6 Å². The van der Waals surface area contributed by atoms with Crippen molar-refractivity contribution in [3.8, 4) is 0 Å². The number of rotatable bonds is 10. The van der Waals surface area contributed by atoms with Crippen LogP contribution in [0.2, 0.25) is 0 Å². The van der Waals surface area contributed by atoms with Crippen molar-refractivity contribution >= 4 is 5.97 Å². The molecular formula is C25H30O5. The largest absolute Gasteiger partial charge is 0.504 e.